The van der Waals surface area contributed by atoms with Crippen LogP contribution >= 0.6 is 0 Å². The van der Waals surface area contributed by atoms with Gasteiger partial charge >= 0.3 is 0 Å². The first-order chi connectivity index (χ1) is 14.0. The second kappa shape index (κ2) is 20.0. The fraction of sp³-hybridized carbons (Fsp3) is 0.667. The lowest BCUT2D eigenvalue weighted by atomic mass is 9.87. The molecule has 0 aromatic heterocycles. The summed E-state index contributed by atoms with van der Waals surface area (Å²) in [5.74, 6) is 2.34. The number of carboxylic acid groups (broad SMARTS) is 2. The van der Waals surface area contributed by atoms with Gasteiger partial charge in [-0.25, -0.2) is 0 Å². The van der Waals surface area contributed by atoms with E-state index in [1.165, 1.54) is 25.7 Å². The van der Waals surface area contributed by atoms with Crippen LogP contribution in [0.1, 0.15) is 91.9 Å². The first-order valence-corrected chi connectivity index (χ1v) is 10.7. The van der Waals surface area contributed by atoms with Crippen LogP contribution in [0.3, 0.4) is 0 Å². The number of hydrogen-bond acceptors (Lipinski definition) is 4. The summed E-state index contributed by atoms with van der Waals surface area (Å²) < 4.78 is 0. The Kier molecular flexibility index (Phi) is 21.6. The van der Waals surface area contributed by atoms with E-state index in [1.807, 2.05) is 0 Å². The molecule has 6 nitrogen and oxygen atoms in total. The fourth-order valence-corrected chi connectivity index (χ4v) is 3.29. The third-order valence-electron chi connectivity index (χ3n) is 4.43. The minimum absolute atomic E-state index is 0.165. The monoisotopic (exact) mass is 422 g/mol. The molecule has 30 heavy (non-hydrogen) atoms. The molecule has 0 aromatic rings. The molecule has 0 unspecified atom stereocenters. The van der Waals surface area contributed by atoms with E-state index in [2.05, 4.69) is 51.0 Å². The first-order valence-electron chi connectivity index (χ1n) is 10.7. The van der Waals surface area contributed by atoms with Gasteiger partial charge in [0.25, 0.3) is 0 Å². The number of terminal acetylenes is 2. The molecular weight excluding hydrogens is 380 g/mol. The number of quaternary nitrogens is 2. The van der Waals surface area contributed by atoms with Gasteiger partial charge in [-0.2, -0.15) is 0 Å². The zero-order valence-corrected chi connectivity index (χ0v) is 19.4. The van der Waals surface area contributed by atoms with Crippen molar-refractivity contribution in [3.8, 4) is 24.7 Å². The molecule has 6 N–H and O–H groups in total. The standard InChI is InChI=1S/2C10H19N.C4H4O4/c2*1-4-7-10(11,8-5-2)9-6-3;5-3(6)1-2-4(7)8/h2*1H,5-9,11H2,2-3H3;1-2H,(H,5,6)(H,7,8)/b;;2-1+. The van der Waals surface area contributed by atoms with Gasteiger partial charge in [-0.3, -0.25) is 0 Å². The van der Waals surface area contributed by atoms with Crippen LogP contribution in [0, 0.1) is 24.7 Å². The van der Waals surface area contributed by atoms with Crippen LogP contribution in [-0.2, 0) is 9.59 Å². The van der Waals surface area contributed by atoms with Gasteiger partial charge in [0.15, 0.2) is 0 Å². The van der Waals surface area contributed by atoms with Crippen LogP contribution in [0.5, 0.6) is 0 Å². The van der Waals surface area contributed by atoms with Crippen LogP contribution in [0.2, 0.25) is 0 Å². The Hall–Kier alpha value is -2.28. The van der Waals surface area contributed by atoms with Crippen LogP contribution in [0.15, 0.2) is 12.2 Å². The summed E-state index contributed by atoms with van der Waals surface area (Å²) in [6, 6.07) is 0. The van der Waals surface area contributed by atoms with Gasteiger partial charge in [-0.15, -0.1) is 24.7 Å². The second-order valence-electron chi connectivity index (χ2n) is 7.73. The minimum atomic E-state index is -1.55. The largest absolute Gasteiger partial charge is 0.545 e. The molecule has 0 aliphatic heterocycles. The van der Waals surface area contributed by atoms with Gasteiger partial charge in [0, 0.05) is 25.7 Å². The van der Waals surface area contributed by atoms with Crippen molar-refractivity contribution in [2.24, 2.45) is 0 Å². The van der Waals surface area contributed by atoms with E-state index in [0.29, 0.717) is 12.2 Å². The lowest BCUT2D eigenvalue weighted by molar-refractivity contribution is -0.480. The van der Waals surface area contributed by atoms with Crippen molar-refractivity contribution >= 4 is 11.9 Å². The van der Waals surface area contributed by atoms with Crippen molar-refractivity contribution in [3.05, 3.63) is 12.2 Å². The predicted octanol–water partition coefficient (Wildman–Crippen LogP) is 0.224. The van der Waals surface area contributed by atoms with Crippen LogP contribution < -0.4 is 21.7 Å². The molecule has 0 saturated heterocycles. The van der Waals surface area contributed by atoms with E-state index in [0.717, 1.165) is 38.5 Å². The van der Waals surface area contributed by atoms with Crippen molar-refractivity contribution in [1.82, 2.24) is 0 Å². The highest BCUT2D eigenvalue weighted by Crippen LogP contribution is 2.18. The van der Waals surface area contributed by atoms with Gasteiger partial charge in [0.1, 0.15) is 11.1 Å². The van der Waals surface area contributed by atoms with Gasteiger partial charge in [0.05, 0.1) is 24.8 Å². The highest BCUT2D eigenvalue weighted by Gasteiger charge is 2.26. The Balaban J connectivity index is -0.000000370. The molecule has 0 heterocycles. The number of carboxylic acids is 2. The van der Waals surface area contributed by atoms with Gasteiger partial charge in [0.2, 0.25) is 0 Å². The van der Waals surface area contributed by atoms with E-state index in [1.54, 1.807) is 0 Å². The average molecular weight is 423 g/mol. The lowest BCUT2D eigenvalue weighted by Crippen LogP contribution is -2.72. The van der Waals surface area contributed by atoms with E-state index in [4.69, 9.17) is 12.8 Å². The normalized spacial score (nSPS) is 10.7. The SMILES string of the molecule is C#CCC([NH3+])(CCC)CCC.C#CCC([NH3+])(CCC)CCC.O=C([O-])/C=C/C(=O)[O-]. The molecule has 0 bridgehead atoms. The third kappa shape index (κ3) is 22.0. The quantitative estimate of drug-likeness (QED) is 0.343. The Labute approximate surface area is 183 Å². The van der Waals surface area contributed by atoms with Crippen molar-refractivity contribution in [3.63, 3.8) is 0 Å². The number of carbonyl (C=O) groups excluding carboxylic acids is 2. The molecule has 0 fully saturated rings. The molecule has 0 rings (SSSR count). The van der Waals surface area contributed by atoms with E-state index in [9.17, 15) is 19.8 Å². The fourth-order valence-electron chi connectivity index (χ4n) is 3.29. The Morgan fingerprint density at radius 1 is 0.733 bits per heavy atom. The van der Waals surface area contributed by atoms with E-state index in [-0.39, 0.29) is 11.1 Å². The summed E-state index contributed by atoms with van der Waals surface area (Å²) >= 11 is 0. The lowest BCUT2D eigenvalue weighted by Gasteiger charge is -2.22. The van der Waals surface area contributed by atoms with Gasteiger partial charge in [-0.05, 0) is 12.2 Å². The number of carbonyl (C=O) groups is 2. The van der Waals surface area contributed by atoms with Crippen molar-refractivity contribution in [1.29, 1.82) is 0 Å². The molecule has 6 heteroatoms. The zero-order chi connectivity index (χ0) is 24.1. The Bertz CT molecular complexity index is 509. The minimum Gasteiger partial charge on any atom is -0.545 e. The molecule has 0 radical (unpaired) electrons. The maximum absolute atomic E-state index is 9.41. The molecule has 0 amide bonds. The van der Waals surface area contributed by atoms with Crippen molar-refractivity contribution in [2.45, 2.75) is 103 Å². The summed E-state index contributed by atoms with van der Waals surface area (Å²) in [6.07, 6.45) is 22.4. The zero-order valence-electron chi connectivity index (χ0n) is 19.4. The second-order valence-corrected chi connectivity index (χ2v) is 7.73. The summed E-state index contributed by atoms with van der Waals surface area (Å²) in [4.78, 5) is 18.8. The molecule has 172 valence electrons. The van der Waals surface area contributed by atoms with E-state index >= 15 is 0 Å². The van der Waals surface area contributed by atoms with Gasteiger partial charge in [-0.1, -0.05) is 53.4 Å². The van der Waals surface area contributed by atoms with Crippen molar-refractivity contribution in [2.75, 3.05) is 0 Å². The summed E-state index contributed by atoms with van der Waals surface area (Å²) in [7, 11) is 0. The highest BCUT2D eigenvalue weighted by atomic mass is 16.4. The van der Waals surface area contributed by atoms with E-state index < -0.39 is 11.9 Å². The highest BCUT2D eigenvalue weighted by molar-refractivity contribution is 5.87. The first kappa shape index (κ1) is 32.4. The van der Waals surface area contributed by atoms with Crippen LogP contribution in [0.25, 0.3) is 0 Å². The average Bonchev–Trinajstić information content (AvgIpc) is 2.62. The van der Waals surface area contributed by atoms with Gasteiger partial charge < -0.3 is 31.3 Å². The number of rotatable bonds is 12. The maximum atomic E-state index is 9.41. The number of hydrogen-bond donors (Lipinski definition) is 2. The molecule has 0 aromatic carbocycles. The molecular formula is C24H42N2O4. The smallest absolute Gasteiger partial charge is 0.106 e. The maximum Gasteiger partial charge on any atom is 0.106 e. The summed E-state index contributed by atoms with van der Waals surface area (Å²) in [5, 5.41) is 18.8. The predicted molar refractivity (Wildman–Crippen MR) is 117 cm³/mol. The molecule has 0 aliphatic carbocycles. The number of aliphatic carboxylic acids is 2. The van der Waals surface area contributed by atoms with Crippen LogP contribution in [-0.4, -0.2) is 23.0 Å². The molecule has 0 aliphatic rings. The van der Waals surface area contributed by atoms with Crippen LogP contribution in [0.4, 0.5) is 0 Å². The Morgan fingerprint density at radius 3 is 1.10 bits per heavy atom. The van der Waals surface area contributed by atoms with Crippen molar-refractivity contribution < 1.29 is 31.3 Å². The summed E-state index contributed by atoms with van der Waals surface area (Å²) in [5.41, 5.74) is 8.72. The Morgan fingerprint density at radius 2 is 0.967 bits per heavy atom. The third-order valence-corrected chi connectivity index (χ3v) is 4.43. The topological polar surface area (TPSA) is 136 Å². The molecule has 0 spiro atoms. The summed E-state index contributed by atoms with van der Waals surface area (Å²) in [6.45, 7) is 8.75. The molecule has 0 atom stereocenters. The molecule has 0 saturated carbocycles.